The van der Waals surface area contributed by atoms with Gasteiger partial charge in [-0.05, 0) is 25.3 Å². The zero-order chi connectivity index (χ0) is 12.1. The molecule has 1 heterocycles. The fourth-order valence-corrected chi connectivity index (χ4v) is 2.24. The van der Waals surface area contributed by atoms with E-state index in [2.05, 4.69) is 10.3 Å². The SMILES string of the molecule is CNc1cc(OC2CCCC(OC)C2)ccn1. The van der Waals surface area contributed by atoms with Gasteiger partial charge in [0.1, 0.15) is 17.7 Å². The third-order valence-corrected chi connectivity index (χ3v) is 3.20. The second-order valence-electron chi connectivity index (χ2n) is 4.39. The van der Waals surface area contributed by atoms with Crippen LogP contribution in [0.15, 0.2) is 18.3 Å². The van der Waals surface area contributed by atoms with Gasteiger partial charge in [-0.25, -0.2) is 4.98 Å². The van der Waals surface area contributed by atoms with Crippen molar-refractivity contribution in [2.45, 2.75) is 37.9 Å². The molecule has 0 bridgehead atoms. The van der Waals surface area contributed by atoms with Crippen LogP contribution in [0, 0.1) is 0 Å². The molecule has 1 aliphatic rings. The Balaban J connectivity index is 1.95. The van der Waals surface area contributed by atoms with E-state index in [-0.39, 0.29) is 6.10 Å². The van der Waals surface area contributed by atoms with Gasteiger partial charge in [-0.1, -0.05) is 0 Å². The smallest absolute Gasteiger partial charge is 0.129 e. The number of anilines is 1. The Labute approximate surface area is 102 Å². The molecule has 94 valence electrons. The number of nitrogens with zero attached hydrogens (tertiary/aromatic N) is 1. The van der Waals surface area contributed by atoms with Gasteiger partial charge in [0, 0.05) is 32.8 Å². The molecule has 0 saturated heterocycles. The van der Waals surface area contributed by atoms with Gasteiger partial charge < -0.3 is 14.8 Å². The summed E-state index contributed by atoms with van der Waals surface area (Å²) in [4.78, 5) is 4.17. The van der Waals surface area contributed by atoms with Crippen molar-refractivity contribution in [1.29, 1.82) is 0 Å². The Morgan fingerprint density at radius 2 is 2.18 bits per heavy atom. The van der Waals surface area contributed by atoms with Crippen molar-refractivity contribution < 1.29 is 9.47 Å². The molecule has 0 aromatic carbocycles. The monoisotopic (exact) mass is 236 g/mol. The Morgan fingerprint density at radius 3 is 2.94 bits per heavy atom. The van der Waals surface area contributed by atoms with Gasteiger partial charge in [0.2, 0.25) is 0 Å². The highest BCUT2D eigenvalue weighted by molar-refractivity contribution is 5.39. The summed E-state index contributed by atoms with van der Waals surface area (Å²) in [5, 5.41) is 3.01. The molecule has 2 rings (SSSR count). The maximum absolute atomic E-state index is 5.97. The van der Waals surface area contributed by atoms with Crippen molar-refractivity contribution in [3.05, 3.63) is 18.3 Å². The minimum absolute atomic E-state index is 0.265. The number of methoxy groups -OCH3 is 1. The number of ether oxygens (including phenoxy) is 2. The first-order valence-electron chi connectivity index (χ1n) is 6.15. The van der Waals surface area contributed by atoms with Gasteiger partial charge in [-0.15, -0.1) is 0 Å². The molecule has 0 aliphatic heterocycles. The van der Waals surface area contributed by atoms with Crippen molar-refractivity contribution in [3.8, 4) is 5.75 Å². The lowest BCUT2D eigenvalue weighted by atomic mass is 9.95. The van der Waals surface area contributed by atoms with Crippen LogP contribution in [-0.4, -0.2) is 31.3 Å². The highest BCUT2D eigenvalue weighted by Gasteiger charge is 2.23. The van der Waals surface area contributed by atoms with E-state index in [1.165, 1.54) is 6.42 Å². The summed E-state index contributed by atoms with van der Waals surface area (Å²) in [5.41, 5.74) is 0. The average Bonchev–Trinajstić information content (AvgIpc) is 2.39. The summed E-state index contributed by atoms with van der Waals surface area (Å²) >= 11 is 0. The second-order valence-corrected chi connectivity index (χ2v) is 4.39. The molecule has 1 N–H and O–H groups in total. The molecule has 1 aliphatic carbocycles. The molecular formula is C13H20N2O2. The molecule has 1 saturated carbocycles. The molecule has 1 fully saturated rings. The van der Waals surface area contributed by atoms with Crippen LogP contribution in [0.4, 0.5) is 5.82 Å². The largest absolute Gasteiger partial charge is 0.490 e. The zero-order valence-corrected chi connectivity index (χ0v) is 10.5. The third kappa shape index (κ3) is 3.33. The van der Waals surface area contributed by atoms with Crippen LogP contribution >= 0.6 is 0 Å². The van der Waals surface area contributed by atoms with Crippen LogP contribution in [0.1, 0.15) is 25.7 Å². The molecule has 4 heteroatoms. The number of hydrogen-bond donors (Lipinski definition) is 1. The molecule has 0 spiro atoms. The quantitative estimate of drug-likeness (QED) is 0.872. The van der Waals surface area contributed by atoms with Gasteiger partial charge in [0.05, 0.1) is 6.10 Å². The molecular weight excluding hydrogens is 216 g/mol. The van der Waals surface area contributed by atoms with Crippen LogP contribution < -0.4 is 10.1 Å². The summed E-state index contributed by atoms with van der Waals surface area (Å²) in [6.07, 6.45) is 6.78. The van der Waals surface area contributed by atoms with Crippen molar-refractivity contribution in [1.82, 2.24) is 4.98 Å². The molecule has 2 atom stereocenters. The first kappa shape index (κ1) is 12.2. The maximum atomic E-state index is 5.97. The summed E-state index contributed by atoms with van der Waals surface area (Å²) in [6.45, 7) is 0. The molecule has 1 aromatic rings. The summed E-state index contributed by atoms with van der Waals surface area (Å²) < 4.78 is 11.4. The van der Waals surface area contributed by atoms with Crippen molar-refractivity contribution >= 4 is 5.82 Å². The fourth-order valence-electron chi connectivity index (χ4n) is 2.24. The minimum atomic E-state index is 0.265. The Bertz CT molecular complexity index is 357. The highest BCUT2D eigenvalue weighted by atomic mass is 16.5. The van der Waals surface area contributed by atoms with Crippen molar-refractivity contribution in [2.75, 3.05) is 19.5 Å². The summed E-state index contributed by atoms with van der Waals surface area (Å²) in [6, 6.07) is 3.83. The van der Waals surface area contributed by atoms with Gasteiger partial charge in [0.15, 0.2) is 0 Å². The van der Waals surface area contributed by atoms with Gasteiger partial charge in [0.25, 0.3) is 0 Å². The van der Waals surface area contributed by atoms with E-state index in [0.717, 1.165) is 30.8 Å². The van der Waals surface area contributed by atoms with E-state index < -0.39 is 0 Å². The minimum Gasteiger partial charge on any atom is -0.490 e. The predicted octanol–water partition coefficient (Wildman–Crippen LogP) is 2.46. The number of nitrogens with one attached hydrogen (secondary N) is 1. The van der Waals surface area contributed by atoms with E-state index in [0.29, 0.717) is 6.10 Å². The predicted molar refractivity (Wildman–Crippen MR) is 67.5 cm³/mol. The first-order chi connectivity index (χ1) is 8.31. The Kier molecular flexibility index (Phi) is 4.20. The number of hydrogen-bond acceptors (Lipinski definition) is 4. The number of aromatic nitrogens is 1. The van der Waals surface area contributed by atoms with Crippen LogP contribution in [-0.2, 0) is 4.74 Å². The van der Waals surface area contributed by atoms with E-state index in [1.807, 2.05) is 19.2 Å². The summed E-state index contributed by atoms with van der Waals surface area (Å²) in [5.74, 6) is 1.72. The zero-order valence-electron chi connectivity index (χ0n) is 10.5. The van der Waals surface area contributed by atoms with E-state index in [9.17, 15) is 0 Å². The second kappa shape index (κ2) is 5.87. The molecule has 17 heavy (non-hydrogen) atoms. The van der Waals surface area contributed by atoms with Crippen LogP contribution in [0.5, 0.6) is 5.75 Å². The fraction of sp³-hybridized carbons (Fsp3) is 0.615. The first-order valence-corrected chi connectivity index (χ1v) is 6.15. The third-order valence-electron chi connectivity index (χ3n) is 3.20. The molecule has 1 aromatic heterocycles. The average molecular weight is 236 g/mol. The van der Waals surface area contributed by atoms with Gasteiger partial charge in [-0.2, -0.15) is 0 Å². The lowest BCUT2D eigenvalue weighted by Gasteiger charge is -2.28. The molecule has 0 radical (unpaired) electrons. The number of rotatable bonds is 4. The Hall–Kier alpha value is -1.29. The van der Waals surface area contributed by atoms with Crippen LogP contribution in [0.2, 0.25) is 0 Å². The topological polar surface area (TPSA) is 43.4 Å². The number of pyridine rings is 1. The standard InChI is InChI=1S/C13H20N2O2/c1-14-13-9-12(6-7-15-13)17-11-5-3-4-10(8-11)16-2/h6-7,9-11H,3-5,8H2,1-2H3,(H,14,15). The van der Waals surface area contributed by atoms with Crippen molar-refractivity contribution in [3.63, 3.8) is 0 Å². The molecule has 4 nitrogen and oxygen atoms in total. The van der Waals surface area contributed by atoms with Crippen LogP contribution in [0.3, 0.4) is 0 Å². The highest BCUT2D eigenvalue weighted by Crippen LogP contribution is 2.25. The lowest BCUT2D eigenvalue weighted by molar-refractivity contribution is 0.0210. The normalized spacial score (nSPS) is 24.4. The maximum Gasteiger partial charge on any atom is 0.129 e. The van der Waals surface area contributed by atoms with E-state index in [4.69, 9.17) is 9.47 Å². The van der Waals surface area contributed by atoms with E-state index in [1.54, 1.807) is 13.3 Å². The summed E-state index contributed by atoms with van der Waals surface area (Å²) in [7, 11) is 3.63. The van der Waals surface area contributed by atoms with Gasteiger partial charge in [-0.3, -0.25) is 0 Å². The van der Waals surface area contributed by atoms with Crippen LogP contribution in [0.25, 0.3) is 0 Å². The lowest BCUT2D eigenvalue weighted by Crippen LogP contribution is -2.29. The Morgan fingerprint density at radius 1 is 1.35 bits per heavy atom. The van der Waals surface area contributed by atoms with Crippen molar-refractivity contribution in [2.24, 2.45) is 0 Å². The van der Waals surface area contributed by atoms with E-state index >= 15 is 0 Å². The molecule has 0 amide bonds. The molecule has 2 unspecified atom stereocenters. The van der Waals surface area contributed by atoms with Gasteiger partial charge >= 0.3 is 0 Å².